The normalized spacial score (nSPS) is 17.9. The van der Waals surface area contributed by atoms with Crippen molar-refractivity contribution in [1.82, 2.24) is 9.88 Å². The van der Waals surface area contributed by atoms with Gasteiger partial charge in [-0.1, -0.05) is 6.58 Å². The zero-order valence-electron chi connectivity index (χ0n) is 21.9. The molecule has 1 amide bonds. The summed E-state index contributed by atoms with van der Waals surface area (Å²) in [6, 6.07) is 5.79. The van der Waals surface area contributed by atoms with Crippen LogP contribution in [0.2, 0.25) is 0 Å². The summed E-state index contributed by atoms with van der Waals surface area (Å²) in [5, 5.41) is 13.6. The highest BCUT2D eigenvalue weighted by Gasteiger charge is 2.20. The Morgan fingerprint density at radius 3 is 2.79 bits per heavy atom. The van der Waals surface area contributed by atoms with Crippen LogP contribution in [0.4, 0.5) is 17.2 Å². The predicted octanol–water partition coefficient (Wildman–Crippen LogP) is 2.98. The fourth-order valence-corrected chi connectivity index (χ4v) is 4.47. The molecule has 204 valence electrons. The number of anilines is 2. The third-order valence-corrected chi connectivity index (χ3v) is 6.56. The number of ether oxygens (including phenoxy) is 2. The summed E-state index contributed by atoms with van der Waals surface area (Å²) in [5.74, 6) is 1.43. The molecule has 2 aromatic rings. The number of aromatic amines is 1. The Morgan fingerprint density at radius 1 is 1.18 bits per heavy atom. The van der Waals surface area contributed by atoms with Gasteiger partial charge in [-0.15, -0.1) is 0 Å². The Kier molecular flexibility index (Phi) is 9.26. The lowest BCUT2D eigenvalue weighted by Crippen LogP contribution is -2.36. The molecule has 2 bridgehead atoms. The number of benzene rings is 1. The van der Waals surface area contributed by atoms with E-state index in [9.17, 15) is 9.90 Å². The predicted molar refractivity (Wildman–Crippen MR) is 150 cm³/mol. The summed E-state index contributed by atoms with van der Waals surface area (Å²) in [4.78, 5) is 28.5. The van der Waals surface area contributed by atoms with Gasteiger partial charge < -0.3 is 40.4 Å². The van der Waals surface area contributed by atoms with Crippen LogP contribution in [0.1, 0.15) is 36.8 Å². The van der Waals surface area contributed by atoms with Gasteiger partial charge >= 0.3 is 0 Å². The lowest BCUT2D eigenvalue weighted by Gasteiger charge is -2.30. The highest BCUT2D eigenvalue weighted by atomic mass is 16.5. The molecule has 11 heteroatoms. The summed E-state index contributed by atoms with van der Waals surface area (Å²) in [7, 11) is 1.80. The summed E-state index contributed by atoms with van der Waals surface area (Å²) in [5.41, 5.74) is 8.89. The summed E-state index contributed by atoms with van der Waals surface area (Å²) < 4.78 is 11.7. The number of rotatable bonds is 3. The second-order valence-corrected chi connectivity index (χ2v) is 9.24. The molecule has 1 aromatic heterocycles. The second kappa shape index (κ2) is 13.0. The minimum absolute atomic E-state index is 0.0936. The van der Waals surface area contributed by atoms with Crippen molar-refractivity contribution in [3.8, 4) is 11.6 Å². The molecule has 0 aliphatic carbocycles. The Morgan fingerprint density at radius 2 is 2.00 bits per heavy atom. The SMILES string of the molecule is C=CNc1[nH]c(O)c2c1C(N)=NCCCN(C)C(=O)CCCCOc1cc(ccc1N1CCOCC1)N=C2. The summed E-state index contributed by atoms with van der Waals surface area (Å²) in [6.45, 7) is 8.07. The molecular formula is C27H37N7O4. The number of aliphatic imine (C=N–C) groups is 2. The van der Waals surface area contributed by atoms with Gasteiger partial charge in [-0.25, -0.2) is 0 Å². The number of nitrogens with one attached hydrogen (secondary N) is 2. The molecule has 1 aromatic carbocycles. The number of carbonyl (C=O) groups is 1. The first kappa shape index (κ1) is 27.1. The van der Waals surface area contributed by atoms with Crippen LogP contribution in [0.15, 0.2) is 41.0 Å². The molecule has 38 heavy (non-hydrogen) atoms. The molecule has 0 spiro atoms. The first-order chi connectivity index (χ1) is 18.5. The molecule has 0 unspecified atom stereocenters. The molecule has 2 aliphatic rings. The zero-order chi connectivity index (χ0) is 26.9. The van der Waals surface area contributed by atoms with Gasteiger partial charge in [-0.2, -0.15) is 0 Å². The number of fused-ring (bicyclic) bond motifs is 3. The van der Waals surface area contributed by atoms with Crippen molar-refractivity contribution in [3.05, 3.63) is 42.1 Å². The van der Waals surface area contributed by atoms with Crippen molar-refractivity contribution < 1.29 is 19.4 Å². The van der Waals surface area contributed by atoms with Crippen LogP contribution in [-0.2, 0) is 9.53 Å². The number of hydrogen-bond donors (Lipinski definition) is 4. The monoisotopic (exact) mass is 523 g/mol. The average Bonchev–Trinajstić information content (AvgIpc) is 3.24. The van der Waals surface area contributed by atoms with E-state index in [1.807, 2.05) is 18.2 Å². The number of nitrogens with zero attached hydrogens (tertiary/aromatic N) is 4. The van der Waals surface area contributed by atoms with Gasteiger partial charge in [0.05, 0.1) is 42.3 Å². The quantitative estimate of drug-likeness (QED) is 0.485. The average molecular weight is 524 g/mol. The molecule has 0 atom stereocenters. The van der Waals surface area contributed by atoms with Crippen molar-refractivity contribution in [2.24, 2.45) is 15.7 Å². The van der Waals surface area contributed by atoms with E-state index in [1.54, 1.807) is 18.2 Å². The van der Waals surface area contributed by atoms with Crippen molar-refractivity contribution in [2.75, 3.05) is 63.3 Å². The fourth-order valence-electron chi connectivity index (χ4n) is 4.47. The molecule has 1 fully saturated rings. The Bertz CT molecular complexity index is 1180. The third kappa shape index (κ3) is 6.65. The van der Waals surface area contributed by atoms with Crippen LogP contribution in [-0.4, -0.2) is 86.0 Å². The van der Waals surface area contributed by atoms with E-state index >= 15 is 0 Å². The number of amides is 1. The van der Waals surface area contributed by atoms with Gasteiger partial charge in [0.15, 0.2) is 5.88 Å². The van der Waals surface area contributed by atoms with Gasteiger partial charge in [0, 0.05) is 51.9 Å². The van der Waals surface area contributed by atoms with Gasteiger partial charge in [-0.3, -0.25) is 14.8 Å². The van der Waals surface area contributed by atoms with E-state index < -0.39 is 0 Å². The molecule has 11 nitrogen and oxygen atoms in total. The molecule has 0 saturated carbocycles. The van der Waals surface area contributed by atoms with Gasteiger partial charge in [0.1, 0.15) is 17.4 Å². The Labute approximate surface area is 223 Å². The first-order valence-electron chi connectivity index (χ1n) is 13.0. The van der Waals surface area contributed by atoms with Crippen LogP contribution in [0.5, 0.6) is 11.6 Å². The van der Waals surface area contributed by atoms with E-state index in [0.29, 0.717) is 68.4 Å². The van der Waals surface area contributed by atoms with E-state index in [4.69, 9.17) is 15.2 Å². The number of morpholine rings is 1. The van der Waals surface area contributed by atoms with Crippen LogP contribution in [0.25, 0.3) is 0 Å². The standard InChI is InChI=1S/C27H37N7O4/c1-3-29-26-24-20(27(36)32-26)18-31-19-8-9-21(34-12-15-37-16-13-34)22(17-19)38-14-5-4-7-23(35)33(2)11-6-10-30-25(24)28/h3,8-9,17-18,29,32,36H,1,4-7,10-16H2,2H3,(H2,28,30). The van der Waals surface area contributed by atoms with Crippen molar-refractivity contribution in [3.63, 3.8) is 0 Å². The molecule has 1 saturated heterocycles. The highest BCUT2D eigenvalue weighted by Crippen LogP contribution is 2.34. The molecular weight excluding hydrogens is 486 g/mol. The van der Waals surface area contributed by atoms with E-state index in [-0.39, 0.29) is 17.6 Å². The maximum Gasteiger partial charge on any atom is 0.222 e. The van der Waals surface area contributed by atoms with Crippen molar-refractivity contribution in [1.29, 1.82) is 0 Å². The van der Waals surface area contributed by atoms with Crippen molar-refractivity contribution >= 4 is 35.2 Å². The lowest BCUT2D eigenvalue weighted by atomic mass is 10.1. The molecule has 0 radical (unpaired) electrons. The summed E-state index contributed by atoms with van der Waals surface area (Å²) >= 11 is 0. The maximum atomic E-state index is 12.5. The minimum Gasteiger partial charge on any atom is -0.494 e. The minimum atomic E-state index is -0.0936. The first-order valence-corrected chi connectivity index (χ1v) is 13.0. The van der Waals surface area contributed by atoms with Gasteiger partial charge in [0.2, 0.25) is 5.91 Å². The van der Waals surface area contributed by atoms with Crippen LogP contribution < -0.4 is 20.7 Å². The highest BCUT2D eigenvalue weighted by molar-refractivity contribution is 6.10. The van der Waals surface area contributed by atoms with Crippen molar-refractivity contribution in [2.45, 2.75) is 25.7 Å². The smallest absolute Gasteiger partial charge is 0.222 e. The zero-order valence-corrected chi connectivity index (χ0v) is 21.9. The number of aromatic hydroxyl groups is 1. The number of amidine groups is 1. The van der Waals surface area contributed by atoms with E-state index in [1.165, 1.54) is 6.20 Å². The number of nitrogens with two attached hydrogens (primary N) is 1. The number of aromatic nitrogens is 1. The molecule has 4 rings (SSSR count). The molecule has 2 aliphatic heterocycles. The Balaban J connectivity index is 1.70. The Hall–Kier alpha value is -3.99. The van der Waals surface area contributed by atoms with Gasteiger partial charge in [0.25, 0.3) is 0 Å². The number of H-pyrrole nitrogens is 1. The third-order valence-electron chi connectivity index (χ3n) is 6.56. The number of carbonyl (C=O) groups excluding carboxylic acids is 1. The fraction of sp³-hybridized carbons (Fsp3) is 0.444. The molecule has 3 heterocycles. The second-order valence-electron chi connectivity index (χ2n) is 9.24. The van der Waals surface area contributed by atoms with E-state index in [0.717, 1.165) is 37.4 Å². The lowest BCUT2D eigenvalue weighted by molar-refractivity contribution is -0.130. The van der Waals surface area contributed by atoms with Crippen LogP contribution in [0.3, 0.4) is 0 Å². The van der Waals surface area contributed by atoms with Gasteiger partial charge in [-0.05, 0) is 37.6 Å². The maximum absolute atomic E-state index is 12.5. The van der Waals surface area contributed by atoms with Crippen LogP contribution in [0, 0.1) is 0 Å². The topological polar surface area (TPSA) is 141 Å². The summed E-state index contributed by atoms with van der Waals surface area (Å²) in [6.07, 6.45) is 5.68. The van der Waals surface area contributed by atoms with E-state index in [2.05, 4.69) is 31.8 Å². The molecule has 5 N–H and O–H groups in total. The number of hydrogen-bond acceptors (Lipinski definition) is 9. The van der Waals surface area contributed by atoms with Crippen LogP contribution >= 0.6 is 0 Å². The largest absolute Gasteiger partial charge is 0.494 e.